The lowest BCUT2D eigenvalue weighted by molar-refractivity contribution is 0.0934. The molecule has 2 aliphatic rings. The van der Waals surface area contributed by atoms with E-state index in [1.54, 1.807) is 16.2 Å². The second-order valence-corrected chi connectivity index (χ2v) is 9.47. The third-order valence-corrected chi connectivity index (χ3v) is 7.61. The molecular formula is C26H23N3O3S. The van der Waals surface area contributed by atoms with Crippen LogP contribution >= 0.6 is 11.3 Å². The highest BCUT2D eigenvalue weighted by atomic mass is 32.1. The number of carbonyl (C=O) groups excluding carboxylic acids is 2. The fourth-order valence-electron chi connectivity index (χ4n) is 4.99. The van der Waals surface area contributed by atoms with Gasteiger partial charge in [0, 0.05) is 17.0 Å². The van der Waals surface area contributed by atoms with Crippen LogP contribution in [0.1, 0.15) is 39.5 Å². The fourth-order valence-corrected chi connectivity index (χ4v) is 6.28. The topological polar surface area (TPSA) is 70.7 Å². The zero-order valence-corrected chi connectivity index (χ0v) is 19.0. The van der Waals surface area contributed by atoms with Gasteiger partial charge in [0.1, 0.15) is 11.2 Å². The van der Waals surface area contributed by atoms with Gasteiger partial charge in [-0.15, -0.1) is 11.3 Å². The van der Waals surface area contributed by atoms with E-state index in [9.17, 15) is 9.59 Å². The molecule has 0 bridgehead atoms. The molecule has 0 fully saturated rings. The van der Waals surface area contributed by atoms with Crippen LogP contribution in [0.15, 0.2) is 54.6 Å². The summed E-state index contributed by atoms with van der Waals surface area (Å²) in [6.07, 6.45) is 0.00558. The van der Waals surface area contributed by atoms with Crippen molar-refractivity contribution in [3.63, 3.8) is 0 Å². The smallest absolute Gasteiger partial charge is 0.410 e. The molecule has 3 aromatic carbocycles. The molecule has 6 rings (SSSR count). The third-order valence-electron chi connectivity index (χ3n) is 6.46. The van der Waals surface area contributed by atoms with Crippen LogP contribution in [0.5, 0.6) is 0 Å². The molecule has 0 spiro atoms. The minimum atomic E-state index is -0.345. The van der Waals surface area contributed by atoms with E-state index in [1.807, 2.05) is 31.2 Å². The van der Waals surface area contributed by atoms with E-state index in [4.69, 9.17) is 4.74 Å². The molecule has 3 heterocycles. The van der Waals surface area contributed by atoms with Gasteiger partial charge in [-0.2, -0.15) is 0 Å². The Bertz CT molecular complexity index is 1370. The Labute approximate surface area is 195 Å². The Morgan fingerprint density at radius 2 is 1.79 bits per heavy atom. The lowest BCUT2D eigenvalue weighted by atomic mass is 9.93. The summed E-state index contributed by atoms with van der Waals surface area (Å²) in [4.78, 5) is 28.3. The predicted octanol–water partition coefficient (Wildman–Crippen LogP) is 5.42. The molecule has 0 aliphatic carbocycles. The van der Waals surface area contributed by atoms with Crippen LogP contribution in [0.2, 0.25) is 0 Å². The molecule has 0 saturated carbocycles. The Kier molecular flexibility index (Phi) is 4.73. The number of thiophene rings is 1. The average Bonchev–Trinajstić information content (AvgIpc) is 3.20. The second kappa shape index (κ2) is 7.78. The van der Waals surface area contributed by atoms with E-state index in [-0.39, 0.29) is 18.2 Å². The number of amides is 2. The Hall–Kier alpha value is -3.58. The minimum absolute atomic E-state index is 0.0622. The van der Waals surface area contributed by atoms with Gasteiger partial charge in [0.25, 0.3) is 5.91 Å². The third kappa shape index (κ3) is 3.23. The van der Waals surface area contributed by atoms with E-state index in [1.165, 1.54) is 0 Å². The van der Waals surface area contributed by atoms with Gasteiger partial charge in [-0.1, -0.05) is 48.5 Å². The monoisotopic (exact) mass is 457 g/mol. The molecule has 4 aromatic rings. The van der Waals surface area contributed by atoms with Gasteiger partial charge in [-0.25, -0.2) is 4.79 Å². The zero-order valence-electron chi connectivity index (χ0n) is 18.2. The van der Waals surface area contributed by atoms with E-state index in [0.717, 1.165) is 48.1 Å². The van der Waals surface area contributed by atoms with E-state index in [0.29, 0.717) is 26.1 Å². The summed E-state index contributed by atoms with van der Waals surface area (Å²) in [6.45, 7) is 3.19. The highest BCUT2D eigenvalue weighted by Gasteiger charge is 2.35. The number of nitrogens with one attached hydrogen (secondary N) is 2. The summed E-state index contributed by atoms with van der Waals surface area (Å²) in [5.41, 5.74) is 2.84. The molecule has 0 saturated heterocycles. The maximum atomic E-state index is 13.3. The first-order valence-electron chi connectivity index (χ1n) is 11.2. The molecule has 2 N–H and O–H groups in total. The highest BCUT2D eigenvalue weighted by Crippen LogP contribution is 2.42. The van der Waals surface area contributed by atoms with Crippen LogP contribution in [0.4, 0.5) is 9.80 Å². The summed E-state index contributed by atoms with van der Waals surface area (Å²) in [6, 6.07) is 18.8. The first kappa shape index (κ1) is 20.1. The second-order valence-electron chi connectivity index (χ2n) is 8.36. The SMILES string of the molecule is CCOC(=O)N1CCc2c(sc3c2C(=O)NC(c2c4ccccc4cc4ccccc24)N3)C1. The van der Waals surface area contributed by atoms with E-state index >= 15 is 0 Å². The Balaban J connectivity index is 1.42. The van der Waals surface area contributed by atoms with Gasteiger partial charge in [0.15, 0.2) is 0 Å². The molecule has 166 valence electrons. The molecule has 2 amide bonds. The molecule has 6 nitrogen and oxygen atoms in total. The van der Waals surface area contributed by atoms with Crippen molar-refractivity contribution in [1.29, 1.82) is 0 Å². The van der Waals surface area contributed by atoms with Crippen LogP contribution in [0.25, 0.3) is 21.5 Å². The largest absolute Gasteiger partial charge is 0.450 e. The highest BCUT2D eigenvalue weighted by molar-refractivity contribution is 7.16. The van der Waals surface area contributed by atoms with Crippen LogP contribution in [-0.4, -0.2) is 30.1 Å². The number of nitrogens with zero attached hydrogens (tertiary/aromatic N) is 1. The molecule has 1 aromatic heterocycles. The van der Waals surface area contributed by atoms with Crippen LogP contribution in [0.3, 0.4) is 0 Å². The van der Waals surface area contributed by atoms with Crippen molar-refractivity contribution in [1.82, 2.24) is 10.2 Å². The molecular weight excluding hydrogens is 434 g/mol. The summed E-state index contributed by atoms with van der Waals surface area (Å²) in [5.74, 6) is -0.0622. The predicted molar refractivity (Wildman–Crippen MR) is 131 cm³/mol. The van der Waals surface area contributed by atoms with Crippen LogP contribution < -0.4 is 10.6 Å². The molecule has 1 atom stereocenters. The molecule has 1 unspecified atom stereocenters. The number of hydrogen-bond acceptors (Lipinski definition) is 5. The molecule has 7 heteroatoms. The number of ether oxygens (including phenoxy) is 1. The number of benzene rings is 3. The summed E-state index contributed by atoms with van der Waals surface area (Å²) >= 11 is 1.57. The summed E-state index contributed by atoms with van der Waals surface area (Å²) in [5, 5.41) is 12.2. The number of rotatable bonds is 2. The summed E-state index contributed by atoms with van der Waals surface area (Å²) < 4.78 is 5.17. The van der Waals surface area contributed by atoms with Crippen molar-refractivity contribution in [2.24, 2.45) is 0 Å². The molecule has 33 heavy (non-hydrogen) atoms. The summed E-state index contributed by atoms with van der Waals surface area (Å²) in [7, 11) is 0. The maximum Gasteiger partial charge on any atom is 0.410 e. The van der Waals surface area contributed by atoms with Gasteiger partial charge in [-0.3, -0.25) is 4.79 Å². The quantitative estimate of drug-likeness (QED) is 0.394. The zero-order chi connectivity index (χ0) is 22.5. The number of carbonyl (C=O) groups is 2. The van der Waals surface area contributed by atoms with Crippen molar-refractivity contribution in [2.45, 2.75) is 26.1 Å². The van der Waals surface area contributed by atoms with Gasteiger partial charge >= 0.3 is 6.09 Å². The lowest BCUT2D eigenvalue weighted by Crippen LogP contribution is -2.39. The number of hydrogen-bond donors (Lipinski definition) is 2. The van der Waals surface area contributed by atoms with Crippen molar-refractivity contribution in [2.75, 3.05) is 18.5 Å². The lowest BCUT2D eigenvalue weighted by Gasteiger charge is -2.29. The fraction of sp³-hybridized carbons (Fsp3) is 0.231. The Morgan fingerprint density at radius 1 is 1.09 bits per heavy atom. The van der Waals surface area contributed by atoms with Gasteiger partial charge in [0.05, 0.1) is 18.7 Å². The van der Waals surface area contributed by atoms with E-state index < -0.39 is 0 Å². The van der Waals surface area contributed by atoms with Crippen LogP contribution in [-0.2, 0) is 17.7 Å². The first-order chi connectivity index (χ1) is 16.1. The number of anilines is 1. The van der Waals surface area contributed by atoms with Crippen molar-refractivity contribution in [3.05, 3.63) is 76.2 Å². The normalized spacial score (nSPS) is 17.3. The van der Waals surface area contributed by atoms with Crippen LogP contribution in [0, 0.1) is 0 Å². The minimum Gasteiger partial charge on any atom is -0.450 e. The molecule has 0 radical (unpaired) electrons. The van der Waals surface area contributed by atoms with Gasteiger partial charge in [0.2, 0.25) is 0 Å². The van der Waals surface area contributed by atoms with Crippen molar-refractivity contribution in [3.8, 4) is 0 Å². The van der Waals surface area contributed by atoms with E-state index in [2.05, 4.69) is 41.0 Å². The molecule has 2 aliphatic heterocycles. The van der Waals surface area contributed by atoms with Gasteiger partial charge in [-0.05, 0) is 46.5 Å². The Morgan fingerprint density at radius 3 is 2.48 bits per heavy atom. The first-order valence-corrected chi connectivity index (χ1v) is 12.0. The number of fused-ring (bicyclic) bond motifs is 5. The van der Waals surface area contributed by atoms with Gasteiger partial charge < -0.3 is 20.3 Å². The average molecular weight is 458 g/mol. The standard InChI is InChI=1S/C26H23N3O3S/c1-2-32-26(31)29-12-11-19-20(14-29)33-25-22(19)24(30)27-23(28-25)21-17-9-5-3-7-15(17)13-16-8-4-6-10-18(16)21/h3-10,13,23,28H,2,11-12,14H2,1H3,(H,27,30). The van der Waals surface area contributed by atoms with Crippen molar-refractivity contribution < 1.29 is 14.3 Å². The van der Waals surface area contributed by atoms with Crippen molar-refractivity contribution >= 4 is 49.9 Å². The maximum absolute atomic E-state index is 13.3.